The van der Waals surface area contributed by atoms with Gasteiger partial charge in [0.2, 0.25) is 5.91 Å². The third-order valence-corrected chi connectivity index (χ3v) is 4.76. The average Bonchev–Trinajstić information content (AvgIpc) is 2.92. The predicted molar refractivity (Wildman–Crippen MR) is 98.1 cm³/mol. The number of H-pyrrole nitrogens is 1. The van der Waals surface area contributed by atoms with Gasteiger partial charge in [-0.15, -0.1) is 0 Å². The molecule has 2 N–H and O–H groups in total. The summed E-state index contributed by atoms with van der Waals surface area (Å²) in [6, 6.07) is 5.21. The molecule has 0 radical (unpaired) electrons. The van der Waals surface area contributed by atoms with Gasteiger partial charge in [0.15, 0.2) is 0 Å². The van der Waals surface area contributed by atoms with Crippen molar-refractivity contribution in [2.75, 3.05) is 32.1 Å². The highest BCUT2D eigenvalue weighted by atomic mass is 35.5. The molecule has 2 heterocycles. The number of hydrogen-bond acceptors (Lipinski definition) is 4. The molecule has 0 unspecified atom stereocenters. The van der Waals surface area contributed by atoms with Crippen LogP contribution in [0.3, 0.4) is 0 Å². The smallest absolute Gasteiger partial charge is 0.356 e. The van der Waals surface area contributed by atoms with Crippen LogP contribution in [0.4, 0.5) is 5.69 Å². The number of esters is 1. The highest BCUT2D eigenvalue weighted by molar-refractivity contribution is 6.31. The minimum absolute atomic E-state index is 0.153. The highest BCUT2D eigenvalue weighted by Crippen LogP contribution is 2.30. The third-order valence-electron chi connectivity index (χ3n) is 4.52. The maximum Gasteiger partial charge on any atom is 0.356 e. The standard InChI is InChI=1S/C18H22ClN3O3/c1-11-4-3-7-22(9-11)10-15(23)21-16-13-8-12(19)5-6-14(13)20-17(16)18(24)25-2/h5-6,8,11,20H,3-4,7,9-10H2,1-2H3,(H,21,23)/t11-/m1/s1. The second-order valence-electron chi connectivity index (χ2n) is 6.59. The van der Waals surface area contributed by atoms with Crippen LogP contribution in [0.2, 0.25) is 5.02 Å². The van der Waals surface area contributed by atoms with E-state index in [-0.39, 0.29) is 11.6 Å². The first kappa shape index (κ1) is 17.8. The van der Waals surface area contributed by atoms with E-state index < -0.39 is 5.97 Å². The van der Waals surface area contributed by atoms with Crippen LogP contribution in [-0.2, 0) is 9.53 Å². The average molecular weight is 364 g/mol. The Labute approximate surface area is 151 Å². The number of nitrogens with one attached hydrogen (secondary N) is 2. The summed E-state index contributed by atoms with van der Waals surface area (Å²) in [6.07, 6.45) is 2.30. The first-order valence-corrected chi connectivity index (χ1v) is 8.77. The number of anilines is 1. The zero-order valence-electron chi connectivity index (χ0n) is 14.4. The molecule has 1 aliphatic rings. The Morgan fingerprint density at radius 3 is 2.96 bits per heavy atom. The van der Waals surface area contributed by atoms with E-state index >= 15 is 0 Å². The highest BCUT2D eigenvalue weighted by Gasteiger charge is 2.23. The first-order valence-electron chi connectivity index (χ1n) is 8.39. The molecule has 0 spiro atoms. The molecule has 1 fully saturated rings. The number of amides is 1. The number of benzene rings is 1. The van der Waals surface area contributed by atoms with Gasteiger partial charge in [-0.05, 0) is 43.5 Å². The Morgan fingerprint density at radius 1 is 1.44 bits per heavy atom. The van der Waals surface area contributed by atoms with Crippen LogP contribution in [0.15, 0.2) is 18.2 Å². The van der Waals surface area contributed by atoms with E-state index in [2.05, 4.69) is 22.1 Å². The molecule has 134 valence electrons. The molecule has 6 nitrogen and oxygen atoms in total. The Bertz CT molecular complexity index is 802. The molecule has 1 aliphatic heterocycles. The number of rotatable bonds is 4. The summed E-state index contributed by atoms with van der Waals surface area (Å²) in [7, 11) is 1.31. The van der Waals surface area contributed by atoms with Gasteiger partial charge in [-0.3, -0.25) is 9.69 Å². The molecular weight excluding hydrogens is 342 g/mol. The second kappa shape index (κ2) is 7.45. The zero-order valence-corrected chi connectivity index (χ0v) is 15.2. The Kier molecular flexibility index (Phi) is 5.30. The van der Waals surface area contributed by atoms with Crippen LogP contribution in [0.5, 0.6) is 0 Å². The van der Waals surface area contributed by atoms with Gasteiger partial charge < -0.3 is 15.0 Å². The van der Waals surface area contributed by atoms with Gasteiger partial charge in [0.1, 0.15) is 5.69 Å². The van der Waals surface area contributed by atoms with Crippen LogP contribution in [0.1, 0.15) is 30.3 Å². The van der Waals surface area contributed by atoms with Gasteiger partial charge in [-0.1, -0.05) is 18.5 Å². The second-order valence-corrected chi connectivity index (χ2v) is 7.02. The van der Waals surface area contributed by atoms with Crippen molar-refractivity contribution in [3.8, 4) is 0 Å². The largest absolute Gasteiger partial charge is 0.464 e. The molecule has 25 heavy (non-hydrogen) atoms. The molecule has 0 bridgehead atoms. The molecule has 1 aromatic carbocycles. The van der Waals surface area contributed by atoms with Crippen LogP contribution in [0.25, 0.3) is 10.9 Å². The fourth-order valence-electron chi connectivity index (χ4n) is 3.36. The Morgan fingerprint density at radius 2 is 2.24 bits per heavy atom. The number of fused-ring (bicyclic) bond motifs is 1. The number of hydrogen-bond donors (Lipinski definition) is 2. The van der Waals surface area contributed by atoms with Crippen molar-refractivity contribution >= 4 is 40.1 Å². The Hall–Kier alpha value is -2.05. The van der Waals surface area contributed by atoms with Crippen LogP contribution < -0.4 is 5.32 Å². The van der Waals surface area contributed by atoms with Gasteiger partial charge in [0.25, 0.3) is 0 Å². The molecule has 0 saturated carbocycles. The molecule has 1 saturated heterocycles. The van der Waals surface area contributed by atoms with Crippen molar-refractivity contribution < 1.29 is 14.3 Å². The minimum atomic E-state index is -0.533. The number of halogens is 1. The van der Waals surface area contributed by atoms with E-state index in [0.717, 1.165) is 19.5 Å². The van der Waals surface area contributed by atoms with E-state index in [0.29, 0.717) is 34.1 Å². The quantitative estimate of drug-likeness (QED) is 0.817. The molecule has 0 aliphatic carbocycles. The van der Waals surface area contributed by atoms with Gasteiger partial charge in [-0.25, -0.2) is 4.79 Å². The maximum absolute atomic E-state index is 12.5. The number of piperidine rings is 1. The van der Waals surface area contributed by atoms with E-state index in [1.807, 2.05) is 0 Å². The lowest BCUT2D eigenvalue weighted by molar-refractivity contribution is -0.117. The monoisotopic (exact) mass is 363 g/mol. The van der Waals surface area contributed by atoms with Gasteiger partial charge in [0.05, 0.1) is 19.3 Å². The lowest BCUT2D eigenvalue weighted by atomic mass is 10.0. The lowest BCUT2D eigenvalue weighted by Gasteiger charge is -2.30. The van der Waals surface area contributed by atoms with E-state index in [1.165, 1.54) is 13.5 Å². The first-order chi connectivity index (χ1) is 12.0. The van der Waals surface area contributed by atoms with Gasteiger partial charge in [0, 0.05) is 22.5 Å². The lowest BCUT2D eigenvalue weighted by Crippen LogP contribution is -2.39. The summed E-state index contributed by atoms with van der Waals surface area (Å²) in [5.74, 6) is -0.0894. The van der Waals surface area contributed by atoms with E-state index in [9.17, 15) is 9.59 Å². The fourth-order valence-corrected chi connectivity index (χ4v) is 3.53. The van der Waals surface area contributed by atoms with Crippen molar-refractivity contribution in [1.82, 2.24) is 9.88 Å². The minimum Gasteiger partial charge on any atom is -0.464 e. The fraction of sp³-hybridized carbons (Fsp3) is 0.444. The topological polar surface area (TPSA) is 74.4 Å². The van der Waals surface area contributed by atoms with Crippen LogP contribution in [-0.4, -0.2) is 48.5 Å². The van der Waals surface area contributed by atoms with Crippen molar-refractivity contribution in [3.63, 3.8) is 0 Å². The van der Waals surface area contributed by atoms with Crippen molar-refractivity contribution in [3.05, 3.63) is 28.9 Å². The molecule has 1 aromatic heterocycles. The maximum atomic E-state index is 12.5. The molecule has 2 aromatic rings. The summed E-state index contributed by atoms with van der Waals surface area (Å²) in [5, 5.41) is 4.09. The number of aromatic amines is 1. The third kappa shape index (κ3) is 3.96. The van der Waals surface area contributed by atoms with E-state index in [4.69, 9.17) is 16.3 Å². The number of aromatic nitrogens is 1. The number of carbonyl (C=O) groups is 2. The predicted octanol–water partition coefficient (Wildman–Crippen LogP) is 3.28. The summed E-state index contributed by atoms with van der Waals surface area (Å²) in [6.45, 7) is 4.33. The van der Waals surface area contributed by atoms with Crippen molar-refractivity contribution in [2.45, 2.75) is 19.8 Å². The van der Waals surface area contributed by atoms with Crippen molar-refractivity contribution in [1.29, 1.82) is 0 Å². The number of ether oxygens (including phenoxy) is 1. The molecular formula is C18H22ClN3O3. The zero-order chi connectivity index (χ0) is 18.0. The van der Waals surface area contributed by atoms with Gasteiger partial charge >= 0.3 is 5.97 Å². The normalized spacial score (nSPS) is 18.3. The number of nitrogens with zero attached hydrogens (tertiary/aromatic N) is 1. The summed E-state index contributed by atoms with van der Waals surface area (Å²) < 4.78 is 4.82. The SMILES string of the molecule is COC(=O)c1[nH]c2ccc(Cl)cc2c1NC(=O)CN1CCC[C@@H](C)C1. The van der Waals surface area contributed by atoms with Crippen LogP contribution in [0, 0.1) is 5.92 Å². The summed E-state index contributed by atoms with van der Waals surface area (Å²) in [5.41, 5.74) is 1.35. The van der Waals surface area contributed by atoms with E-state index in [1.54, 1.807) is 18.2 Å². The molecule has 1 atom stereocenters. The molecule has 7 heteroatoms. The molecule has 3 rings (SSSR count). The summed E-state index contributed by atoms with van der Waals surface area (Å²) in [4.78, 5) is 29.7. The Balaban J connectivity index is 1.84. The number of carbonyl (C=O) groups excluding carboxylic acids is 2. The van der Waals surface area contributed by atoms with Crippen LogP contribution >= 0.6 is 11.6 Å². The van der Waals surface area contributed by atoms with Crippen molar-refractivity contribution in [2.24, 2.45) is 5.92 Å². The van der Waals surface area contributed by atoms with Gasteiger partial charge in [-0.2, -0.15) is 0 Å². The number of methoxy groups -OCH3 is 1. The summed E-state index contributed by atoms with van der Waals surface area (Å²) >= 11 is 6.07. The number of likely N-dealkylation sites (tertiary alicyclic amines) is 1. The molecule has 1 amide bonds.